The number of aromatic nitrogens is 2. The van der Waals surface area contributed by atoms with Crippen LogP contribution in [0.25, 0.3) is 11.1 Å². The molecule has 0 saturated heterocycles. The molecule has 0 saturated carbocycles. The highest BCUT2D eigenvalue weighted by molar-refractivity contribution is 5.77. The van der Waals surface area contributed by atoms with Gasteiger partial charge in [0.25, 0.3) is 0 Å². The summed E-state index contributed by atoms with van der Waals surface area (Å²) in [6.45, 7) is 3.50. The standard InChI is InChI=1S/C21H18F3N3O2/c1-12-10-14(13(2)19(28)29)6-7-17(12)15-4-3-5-16(11-15)26-20-25-9-8-18(27-20)21(22,23)24/h3-11,13H,1-2H3,(H,28,29)(H,25,26,27). The van der Waals surface area contributed by atoms with Gasteiger partial charge < -0.3 is 10.4 Å². The number of benzene rings is 2. The molecule has 2 aromatic carbocycles. The number of aliphatic carboxylic acids is 1. The van der Waals surface area contributed by atoms with Crippen molar-refractivity contribution in [2.75, 3.05) is 5.32 Å². The second kappa shape index (κ2) is 7.90. The summed E-state index contributed by atoms with van der Waals surface area (Å²) < 4.78 is 38.5. The molecule has 5 nitrogen and oxygen atoms in total. The molecule has 0 fully saturated rings. The van der Waals surface area contributed by atoms with Gasteiger partial charge in [-0.05, 0) is 54.3 Å². The van der Waals surface area contributed by atoms with E-state index in [0.29, 0.717) is 11.3 Å². The lowest BCUT2D eigenvalue weighted by molar-refractivity contribution is -0.141. The van der Waals surface area contributed by atoms with Crippen LogP contribution >= 0.6 is 0 Å². The maximum atomic E-state index is 12.8. The zero-order valence-electron chi connectivity index (χ0n) is 15.7. The SMILES string of the molecule is Cc1cc(C(C)C(=O)O)ccc1-c1cccc(Nc2nccc(C(F)(F)F)n2)c1. The van der Waals surface area contributed by atoms with Gasteiger partial charge >= 0.3 is 12.1 Å². The summed E-state index contributed by atoms with van der Waals surface area (Å²) in [7, 11) is 0. The number of hydrogen-bond acceptors (Lipinski definition) is 4. The van der Waals surface area contributed by atoms with E-state index in [1.165, 1.54) is 0 Å². The number of halogens is 3. The highest BCUT2D eigenvalue weighted by atomic mass is 19.4. The molecule has 3 rings (SSSR count). The fourth-order valence-corrected chi connectivity index (χ4v) is 2.89. The number of carboxylic acid groups (broad SMARTS) is 1. The number of alkyl halides is 3. The summed E-state index contributed by atoms with van der Waals surface area (Å²) in [6.07, 6.45) is -3.50. The molecule has 0 aliphatic rings. The Kier molecular flexibility index (Phi) is 5.54. The predicted molar refractivity (Wildman–Crippen MR) is 103 cm³/mol. The Balaban J connectivity index is 1.88. The first-order valence-electron chi connectivity index (χ1n) is 8.76. The topological polar surface area (TPSA) is 75.1 Å². The molecule has 0 amide bonds. The van der Waals surface area contributed by atoms with E-state index in [-0.39, 0.29) is 5.95 Å². The zero-order valence-corrected chi connectivity index (χ0v) is 15.7. The first-order valence-corrected chi connectivity index (χ1v) is 8.76. The van der Waals surface area contributed by atoms with E-state index in [9.17, 15) is 18.0 Å². The fourth-order valence-electron chi connectivity index (χ4n) is 2.89. The van der Waals surface area contributed by atoms with Crippen LogP contribution in [0.15, 0.2) is 54.7 Å². The minimum Gasteiger partial charge on any atom is -0.481 e. The lowest BCUT2D eigenvalue weighted by Gasteiger charge is -2.13. The quantitative estimate of drug-likeness (QED) is 0.599. The van der Waals surface area contributed by atoms with Crippen molar-refractivity contribution in [2.45, 2.75) is 25.9 Å². The number of carbonyl (C=O) groups is 1. The summed E-state index contributed by atoms with van der Waals surface area (Å²) in [6, 6.07) is 13.3. The molecule has 8 heteroatoms. The normalized spacial score (nSPS) is 12.4. The van der Waals surface area contributed by atoms with Gasteiger partial charge in [-0.3, -0.25) is 4.79 Å². The molecule has 150 valence electrons. The van der Waals surface area contributed by atoms with Crippen molar-refractivity contribution in [3.8, 4) is 11.1 Å². The number of nitrogens with zero attached hydrogens (tertiary/aromatic N) is 2. The summed E-state index contributed by atoms with van der Waals surface area (Å²) in [5.74, 6) is -1.67. The third kappa shape index (κ3) is 4.71. The van der Waals surface area contributed by atoms with Crippen LogP contribution in [0.5, 0.6) is 0 Å². The summed E-state index contributed by atoms with van der Waals surface area (Å²) in [4.78, 5) is 18.5. The zero-order chi connectivity index (χ0) is 21.2. The first kappa shape index (κ1) is 20.3. The molecule has 0 aliphatic carbocycles. The van der Waals surface area contributed by atoms with Gasteiger partial charge in [0.2, 0.25) is 5.95 Å². The smallest absolute Gasteiger partial charge is 0.433 e. The van der Waals surface area contributed by atoms with Crippen molar-refractivity contribution in [3.05, 3.63) is 71.5 Å². The third-order valence-corrected chi connectivity index (χ3v) is 4.50. The van der Waals surface area contributed by atoms with Crippen molar-refractivity contribution in [2.24, 2.45) is 0 Å². The molecule has 1 unspecified atom stereocenters. The van der Waals surface area contributed by atoms with Crippen molar-refractivity contribution in [1.29, 1.82) is 0 Å². The molecule has 0 radical (unpaired) electrons. The number of aryl methyl sites for hydroxylation is 1. The van der Waals surface area contributed by atoms with E-state index in [1.807, 2.05) is 25.1 Å². The minimum atomic E-state index is -4.55. The van der Waals surface area contributed by atoms with Gasteiger partial charge in [-0.25, -0.2) is 9.97 Å². The molecule has 3 aromatic rings. The first-order chi connectivity index (χ1) is 13.6. The monoisotopic (exact) mass is 401 g/mol. The molecule has 1 atom stereocenters. The van der Waals surface area contributed by atoms with Crippen LogP contribution in [0.2, 0.25) is 0 Å². The van der Waals surface area contributed by atoms with Crippen molar-refractivity contribution in [3.63, 3.8) is 0 Å². The molecule has 0 aliphatic heterocycles. The Morgan fingerprint density at radius 2 is 1.90 bits per heavy atom. The molecule has 1 aromatic heterocycles. The van der Waals surface area contributed by atoms with Gasteiger partial charge in [0.05, 0.1) is 5.92 Å². The van der Waals surface area contributed by atoms with Crippen LogP contribution in [-0.2, 0) is 11.0 Å². The number of nitrogens with one attached hydrogen (secondary N) is 1. The Bertz CT molecular complexity index is 1050. The van der Waals surface area contributed by atoms with Crippen LogP contribution < -0.4 is 5.32 Å². The number of anilines is 2. The van der Waals surface area contributed by atoms with Gasteiger partial charge in [-0.1, -0.05) is 30.3 Å². The van der Waals surface area contributed by atoms with Gasteiger partial charge in [-0.2, -0.15) is 13.2 Å². The predicted octanol–water partition coefficient (Wildman–Crippen LogP) is 5.40. The molecule has 29 heavy (non-hydrogen) atoms. The maximum absolute atomic E-state index is 12.8. The second-order valence-electron chi connectivity index (χ2n) is 6.60. The van der Waals surface area contributed by atoms with Gasteiger partial charge in [0.1, 0.15) is 5.69 Å². The van der Waals surface area contributed by atoms with Crippen LogP contribution in [0.1, 0.15) is 29.7 Å². The van der Waals surface area contributed by atoms with Crippen LogP contribution in [0.3, 0.4) is 0 Å². The number of hydrogen-bond donors (Lipinski definition) is 2. The average molecular weight is 401 g/mol. The van der Waals surface area contributed by atoms with Gasteiger partial charge in [0.15, 0.2) is 0 Å². The van der Waals surface area contributed by atoms with Gasteiger partial charge in [0, 0.05) is 11.9 Å². The van der Waals surface area contributed by atoms with Crippen LogP contribution in [-0.4, -0.2) is 21.0 Å². The summed E-state index contributed by atoms with van der Waals surface area (Å²) in [5.41, 5.74) is 2.82. The Morgan fingerprint density at radius 3 is 2.55 bits per heavy atom. The van der Waals surface area contributed by atoms with Crippen molar-refractivity contribution >= 4 is 17.6 Å². The lowest BCUT2D eigenvalue weighted by Crippen LogP contribution is -2.10. The number of carboxylic acids is 1. The van der Waals surface area contributed by atoms with Crippen LogP contribution in [0, 0.1) is 6.92 Å². The van der Waals surface area contributed by atoms with Crippen molar-refractivity contribution in [1.82, 2.24) is 9.97 Å². The second-order valence-corrected chi connectivity index (χ2v) is 6.60. The molecule has 2 N–H and O–H groups in total. The average Bonchev–Trinajstić information content (AvgIpc) is 2.67. The number of rotatable bonds is 5. The van der Waals surface area contributed by atoms with Gasteiger partial charge in [-0.15, -0.1) is 0 Å². The highest BCUT2D eigenvalue weighted by Gasteiger charge is 2.32. The Morgan fingerprint density at radius 1 is 1.14 bits per heavy atom. The lowest BCUT2D eigenvalue weighted by atomic mass is 9.93. The molecular weight excluding hydrogens is 383 g/mol. The van der Waals surface area contributed by atoms with Crippen molar-refractivity contribution < 1.29 is 23.1 Å². The van der Waals surface area contributed by atoms with Crippen LogP contribution in [0.4, 0.5) is 24.8 Å². The van der Waals surface area contributed by atoms with E-state index in [2.05, 4.69) is 15.3 Å². The van der Waals surface area contributed by atoms with E-state index in [4.69, 9.17) is 5.11 Å². The Hall–Kier alpha value is -3.42. The largest absolute Gasteiger partial charge is 0.481 e. The van der Waals surface area contributed by atoms with E-state index < -0.39 is 23.8 Å². The summed E-state index contributed by atoms with van der Waals surface area (Å²) >= 11 is 0. The molecule has 1 heterocycles. The van der Waals surface area contributed by atoms with E-state index >= 15 is 0 Å². The molecule has 0 spiro atoms. The summed E-state index contributed by atoms with van der Waals surface area (Å²) in [5, 5.41) is 12.0. The third-order valence-electron chi connectivity index (χ3n) is 4.50. The Labute approximate surface area is 165 Å². The highest BCUT2D eigenvalue weighted by Crippen LogP contribution is 2.30. The fraction of sp³-hybridized carbons (Fsp3) is 0.190. The maximum Gasteiger partial charge on any atom is 0.433 e. The minimum absolute atomic E-state index is 0.153. The molecule has 0 bridgehead atoms. The molecular formula is C21H18F3N3O2. The van der Waals surface area contributed by atoms with E-state index in [1.54, 1.807) is 31.2 Å². The van der Waals surface area contributed by atoms with E-state index in [0.717, 1.165) is 29.0 Å².